The highest BCUT2D eigenvalue weighted by Crippen LogP contribution is 2.33. The van der Waals surface area contributed by atoms with E-state index in [1.54, 1.807) is 11.8 Å². The Labute approximate surface area is 131 Å². The maximum absolute atomic E-state index is 11.8. The maximum atomic E-state index is 11.8. The number of benzene rings is 1. The lowest BCUT2D eigenvalue weighted by Crippen LogP contribution is -2.40. The number of hydrogen-bond acceptors (Lipinski definition) is 3. The summed E-state index contributed by atoms with van der Waals surface area (Å²) >= 11 is 1.75. The average Bonchev–Trinajstić information content (AvgIpc) is 2.99. The third kappa shape index (κ3) is 4.93. The molecule has 5 heteroatoms. The first-order valence-electron chi connectivity index (χ1n) is 7.41. The minimum Gasteiger partial charge on any atom is -0.373 e. The van der Waals surface area contributed by atoms with Gasteiger partial charge in [-0.05, 0) is 18.2 Å². The van der Waals surface area contributed by atoms with Crippen LogP contribution in [0.15, 0.2) is 30.3 Å². The van der Waals surface area contributed by atoms with E-state index in [1.165, 1.54) is 5.56 Å². The molecular weight excluding hydrogens is 284 g/mol. The molecule has 0 radical (unpaired) electrons. The molecule has 1 aromatic carbocycles. The van der Waals surface area contributed by atoms with E-state index in [1.807, 2.05) is 24.5 Å². The van der Waals surface area contributed by atoms with E-state index in [4.69, 9.17) is 4.74 Å². The smallest absolute Gasteiger partial charge is 0.314 e. The summed E-state index contributed by atoms with van der Waals surface area (Å²) in [6.45, 7) is 4.20. The van der Waals surface area contributed by atoms with Gasteiger partial charge in [0.15, 0.2) is 0 Å². The van der Waals surface area contributed by atoms with Gasteiger partial charge in [0.1, 0.15) is 0 Å². The Kier molecular flexibility index (Phi) is 6.39. The number of rotatable bonds is 6. The predicted molar refractivity (Wildman–Crippen MR) is 87.6 cm³/mol. The minimum absolute atomic E-state index is 0.0883. The highest BCUT2D eigenvalue weighted by molar-refractivity contribution is 7.99. The normalized spacial score (nSPS) is 22.8. The summed E-state index contributed by atoms with van der Waals surface area (Å²) in [5.74, 6) is 0.344. The van der Waals surface area contributed by atoms with Crippen molar-refractivity contribution in [2.45, 2.75) is 24.7 Å². The van der Waals surface area contributed by atoms with Crippen LogP contribution in [0, 0.1) is 5.92 Å². The third-order valence-corrected chi connectivity index (χ3v) is 4.79. The molecule has 0 aromatic heterocycles. The molecule has 0 aliphatic carbocycles. The van der Waals surface area contributed by atoms with Gasteiger partial charge in [0.2, 0.25) is 0 Å². The van der Waals surface area contributed by atoms with Gasteiger partial charge < -0.3 is 15.4 Å². The van der Waals surface area contributed by atoms with Crippen LogP contribution < -0.4 is 10.6 Å². The van der Waals surface area contributed by atoms with Crippen molar-refractivity contribution >= 4 is 17.8 Å². The number of amides is 2. The van der Waals surface area contributed by atoms with E-state index in [9.17, 15) is 4.79 Å². The number of carbonyl (C=O) groups excluding carboxylic acids is 1. The van der Waals surface area contributed by atoms with Gasteiger partial charge in [-0.2, -0.15) is 11.8 Å². The summed E-state index contributed by atoms with van der Waals surface area (Å²) in [7, 11) is 0. The molecule has 2 rings (SSSR count). The van der Waals surface area contributed by atoms with Crippen LogP contribution in [0.4, 0.5) is 4.79 Å². The lowest BCUT2D eigenvalue weighted by molar-refractivity contribution is 0.0910. The van der Waals surface area contributed by atoms with E-state index >= 15 is 0 Å². The fourth-order valence-corrected chi connectivity index (χ4v) is 2.71. The summed E-state index contributed by atoms with van der Waals surface area (Å²) in [5, 5.41) is 6.30. The Balaban J connectivity index is 1.78. The average molecular weight is 308 g/mol. The molecule has 2 N–H and O–H groups in total. The minimum atomic E-state index is -0.0883. The van der Waals surface area contributed by atoms with Crippen molar-refractivity contribution in [1.29, 1.82) is 0 Å². The molecule has 2 amide bonds. The quantitative estimate of drug-likeness (QED) is 0.849. The maximum Gasteiger partial charge on any atom is 0.314 e. The predicted octanol–water partition coefficient (Wildman–Crippen LogP) is 2.81. The monoisotopic (exact) mass is 308 g/mol. The van der Waals surface area contributed by atoms with Crippen molar-refractivity contribution in [1.82, 2.24) is 10.6 Å². The number of nitrogens with one attached hydrogen (secondary N) is 2. The number of hydrogen-bond donors (Lipinski definition) is 2. The van der Waals surface area contributed by atoms with Crippen molar-refractivity contribution in [3.05, 3.63) is 35.9 Å². The molecule has 1 fully saturated rings. The highest BCUT2D eigenvalue weighted by Gasteiger charge is 2.29. The molecule has 21 heavy (non-hydrogen) atoms. The summed E-state index contributed by atoms with van der Waals surface area (Å²) in [4.78, 5) is 11.8. The van der Waals surface area contributed by atoms with E-state index in [-0.39, 0.29) is 12.1 Å². The first-order valence-corrected chi connectivity index (χ1v) is 8.70. The largest absolute Gasteiger partial charge is 0.373 e. The molecule has 3 atom stereocenters. The topological polar surface area (TPSA) is 50.4 Å². The molecule has 0 spiro atoms. The summed E-state index contributed by atoms with van der Waals surface area (Å²) in [6.07, 6.45) is 3.13. The molecule has 0 saturated carbocycles. The number of urea groups is 1. The lowest BCUT2D eigenvalue weighted by Gasteiger charge is -2.19. The SMILES string of the molecule is CSC(C)CNC(=O)NC[C@@H]1CCO[C@H]1c1ccccc1. The van der Waals surface area contributed by atoms with Crippen molar-refractivity contribution in [3.8, 4) is 0 Å². The fraction of sp³-hybridized carbons (Fsp3) is 0.562. The van der Waals surface area contributed by atoms with Gasteiger partial charge in [0.05, 0.1) is 6.10 Å². The highest BCUT2D eigenvalue weighted by atomic mass is 32.2. The van der Waals surface area contributed by atoms with Crippen LogP contribution in [-0.4, -0.2) is 37.2 Å². The number of thioether (sulfide) groups is 1. The van der Waals surface area contributed by atoms with Gasteiger partial charge in [-0.15, -0.1) is 0 Å². The zero-order valence-electron chi connectivity index (χ0n) is 12.7. The standard InChI is InChI=1S/C16H24N2O2S/c1-12(21-2)10-17-16(19)18-11-14-8-9-20-15(14)13-6-4-3-5-7-13/h3-7,12,14-15H,8-11H2,1-2H3,(H2,17,18,19)/t12?,14-,15-/m0/s1. The van der Waals surface area contributed by atoms with Gasteiger partial charge >= 0.3 is 6.03 Å². The summed E-state index contributed by atoms with van der Waals surface area (Å²) in [6, 6.07) is 10.1. The number of ether oxygens (including phenoxy) is 1. The third-order valence-electron chi connectivity index (χ3n) is 3.82. The van der Waals surface area contributed by atoms with Crippen molar-refractivity contribution in [2.75, 3.05) is 26.0 Å². The second kappa shape index (κ2) is 8.29. The first kappa shape index (κ1) is 16.2. The molecule has 0 bridgehead atoms. The van der Waals surface area contributed by atoms with Crippen LogP contribution in [0.5, 0.6) is 0 Å². The Bertz CT molecular complexity index is 441. The van der Waals surface area contributed by atoms with Crippen molar-refractivity contribution in [2.24, 2.45) is 5.92 Å². The molecule has 1 aliphatic heterocycles. The van der Waals surface area contributed by atoms with Crippen LogP contribution in [0.3, 0.4) is 0 Å². The molecule has 1 heterocycles. The zero-order valence-corrected chi connectivity index (χ0v) is 13.5. The Hall–Kier alpha value is -1.20. The number of carbonyl (C=O) groups is 1. The van der Waals surface area contributed by atoms with Crippen LogP contribution in [-0.2, 0) is 4.74 Å². The molecule has 1 unspecified atom stereocenters. The van der Waals surface area contributed by atoms with Crippen molar-refractivity contribution in [3.63, 3.8) is 0 Å². The van der Waals surface area contributed by atoms with Gasteiger partial charge in [-0.3, -0.25) is 0 Å². The zero-order chi connectivity index (χ0) is 15.1. The van der Waals surface area contributed by atoms with Gasteiger partial charge in [0.25, 0.3) is 0 Å². The lowest BCUT2D eigenvalue weighted by atomic mass is 9.95. The molecule has 116 valence electrons. The molecular formula is C16H24N2O2S. The Morgan fingerprint density at radius 1 is 1.38 bits per heavy atom. The second-order valence-corrected chi connectivity index (χ2v) is 6.66. The van der Waals surface area contributed by atoms with E-state index in [0.29, 0.717) is 24.3 Å². The molecule has 1 aromatic rings. The first-order chi connectivity index (χ1) is 10.2. The molecule has 1 aliphatic rings. The van der Waals surface area contributed by atoms with Crippen LogP contribution >= 0.6 is 11.8 Å². The molecule has 1 saturated heterocycles. The molecule has 4 nitrogen and oxygen atoms in total. The Morgan fingerprint density at radius 2 is 2.14 bits per heavy atom. The van der Waals surface area contributed by atoms with Gasteiger partial charge in [0, 0.05) is 30.9 Å². The van der Waals surface area contributed by atoms with Crippen LogP contribution in [0.2, 0.25) is 0 Å². The van der Waals surface area contributed by atoms with Crippen molar-refractivity contribution < 1.29 is 9.53 Å². The summed E-state index contributed by atoms with van der Waals surface area (Å²) in [5.41, 5.74) is 1.19. The van der Waals surface area contributed by atoms with Crippen LogP contribution in [0.25, 0.3) is 0 Å². The van der Waals surface area contributed by atoms with Crippen LogP contribution in [0.1, 0.15) is 25.0 Å². The van der Waals surface area contributed by atoms with Gasteiger partial charge in [-0.25, -0.2) is 4.79 Å². The van der Waals surface area contributed by atoms with E-state index < -0.39 is 0 Å². The summed E-state index contributed by atoms with van der Waals surface area (Å²) < 4.78 is 5.82. The van der Waals surface area contributed by atoms with E-state index in [2.05, 4.69) is 29.7 Å². The second-order valence-electron chi connectivity index (χ2n) is 5.39. The van der Waals surface area contributed by atoms with Gasteiger partial charge in [-0.1, -0.05) is 37.3 Å². The Morgan fingerprint density at radius 3 is 2.86 bits per heavy atom. The van der Waals surface area contributed by atoms with E-state index in [0.717, 1.165) is 13.0 Å². The fourth-order valence-electron chi connectivity index (χ4n) is 2.46.